The van der Waals surface area contributed by atoms with E-state index in [1.54, 1.807) is 6.20 Å². The zero-order valence-electron chi connectivity index (χ0n) is 12.0. The van der Waals surface area contributed by atoms with Gasteiger partial charge in [0.1, 0.15) is 11.3 Å². The molecule has 1 amide bonds. The Morgan fingerprint density at radius 3 is 2.95 bits per heavy atom. The number of imidazole rings is 1. The lowest BCUT2D eigenvalue weighted by atomic mass is 10.3. The quantitative estimate of drug-likeness (QED) is 0.862. The predicted molar refractivity (Wildman–Crippen MR) is 79.8 cm³/mol. The highest BCUT2D eigenvalue weighted by atomic mass is 35.5. The van der Waals surface area contributed by atoms with Crippen LogP contribution in [-0.2, 0) is 11.3 Å². The van der Waals surface area contributed by atoms with Gasteiger partial charge in [-0.05, 0) is 32.4 Å². The molecule has 0 saturated carbocycles. The number of carbonyl (C=O) groups is 1. The summed E-state index contributed by atoms with van der Waals surface area (Å²) in [6.07, 6.45) is 2.20. The summed E-state index contributed by atoms with van der Waals surface area (Å²) in [6, 6.07) is 1.98. The summed E-state index contributed by atoms with van der Waals surface area (Å²) >= 11 is 6.18. The standard InChI is InChI=1S/C14H19ClN4O/c1-4-16-12(20)5-6-19-13(10(3)15)18-11-7-9(2)8-17-14(11)19/h7-8,10H,4-6H2,1-3H3,(H,16,20). The molecule has 1 atom stereocenters. The van der Waals surface area contributed by atoms with Gasteiger partial charge in [-0.1, -0.05) is 0 Å². The van der Waals surface area contributed by atoms with E-state index in [4.69, 9.17) is 11.6 Å². The summed E-state index contributed by atoms with van der Waals surface area (Å²) in [4.78, 5) is 20.6. The summed E-state index contributed by atoms with van der Waals surface area (Å²) in [5, 5.41) is 2.56. The first-order chi connectivity index (χ1) is 9.52. The molecule has 0 bridgehead atoms. The SMILES string of the molecule is CCNC(=O)CCn1c(C(C)Cl)nc2cc(C)cnc21. The number of aromatic nitrogens is 3. The lowest BCUT2D eigenvalue weighted by Gasteiger charge is -2.09. The number of carbonyl (C=O) groups excluding carboxylic acids is 1. The van der Waals surface area contributed by atoms with Crippen LogP contribution in [0, 0.1) is 6.92 Å². The molecule has 2 aromatic rings. The van der Waals surface area contributed by atoms with E-state index in [0.29, 0.717) is 19.5 Å². The first-order valence-electron chi connectivity index (χ1n) is 6.76. The van der Waals surface area contributed by atoms with Crippen LogP contribution < -0.4 is 5.32 Å². The Balaban J connectivity index is 2.34. The molecule has 2 aromatic heterocycles. The Hall–Kier alpha value is -1.62. The van der Waals surface area contributed by atoms with E-state index < -0.39 is 0 Å². The second-order valence-corrected chi connectivity index (χ2v) is 5.45. The molecule has 5 nitrogen and oxygen atoms in total. The first-order valence-corrected chi connectivity index (χ1v) is 7.20. The molecule has 0 aromatic carbocycles. The fourth-order valence-corrected chi connectivity index (χ4v) is 2.32. The van der Waals surface area contributed by atoms with Gasteiger partial charge in [-0.3, -0.25) is 4.79 Å². The van der Waals surface area contributed by atoms with Gasteiger partial charge in [-0.15, -0.1) is 11.6 Å². The van der Waals surface area contributed by atoms with Crippen LogP contribution in [0.2, 0.25) is 0 Å². The molecule has 2 heterocycles. The minimum Gasteiger partial charge on any atom is -0.356 e. The summed E-state index contributed by atoms with van der Waals surface area (Å²) in [5.41, 5.74) is 2.66. The van der Waals surface area contributed by atoms with Gasteiger partial charge in [0.25, 0.3) is 0 Å². The van der Waals surface area contributed by atoms with Gasteiger partial charge >= 0.3 is 0 Å². The maximum atomic E-state index is 11.6. The summed E-state index contributed by atoms with van der Waals surface area (Å²) in [7, 11) is 0. The average Bonchev–Trinajstić information content (AvgIpc) is 2.74. The Morgan fingerprint density at radius 2 is 2.30 bits per heavy atom. The fourth-order valence-electron chi connectivity index (χ4n) is 2.15. The van der Waals surface area contributed by atoms with E-state index in [1.165, 1.54) is 0 Å². The molecule has 0 aliphatic rings. The highest BCUT2D eigenvalue weighted by molar-refractivity contribution is 6.20. The number of fused-ring (bicyclic) bond motifs is 1. The molecule has 0 fully saturated rings. The largest absolute Gasteiger partial charge is 0.356 e. The monoisotopic (exact) mass is 294 g/mol. The number of halogens is 1. The molecule has 6 heteroatoms. The number of alkyl halides is 1. The third kappa shape index (κ3) is 3.10. The molecule has 1 unspecified atom stereocenters. The maximum Gasteiger partial charge on any atom is 0.221 e. The van der Waals surface area contributed by atoms with Crippen LogP contribution in [0.1, 0.15) is 37.0 Å². The summed E-state index contributed by atoms with van der Waals surface area (Å²) in [6.45, 7) is 6.92. The van der Waals surface area contributed by atoms with E-state index in [9.17, 15) is 4.79 Å². The second kappa shape index (κ2) is 6.22. The molecule has 0 radical (unpaired) electrons. The van der Waals surface area contributed by atoms with Crippen LogP contribution in [0.25, 0.3) is 11.2 Å². The molecular weight excluding hydrogens is 276 g/mol. The normalized spacial score (nSPS) is 12.6. The number of hydrogen-bond donors (Lipinski definition) is 1. The molecule has 0 aliphatic heterocycles. The van der Waals surface area contributed by atoms with E-state index in [1.807, 2.05) is 31.4 Å². The van der Waals surface area contributed by atoms with Gasteiger partial charge in [-0.2, -0.15) is 0 Å². The average molecular weight is 295 g/mol. The number of aryl methyl sites for hydroxylation is 2. The third-order valence-electron chi connectivity index (χ3n) is 3.04. The van der Waals surface area contributed by atoms with E-state index in [2.05, 4.69) is 15.3 Å². The van der Waals surface area contributed by atoms with Crippen LogP contribution in [-0.4, -0.2) is 27.0 Å². The molecule has 0 saturated heterocycles. The third-order valence-corrected chi connectivity index (χ3v) is 3.24. The van der Waals surface area contributed by atoms with E-state index in [-0.39, 0.29) is 11.3 Å². The Labute approximate surface area is 123 Å². The van der Waals surface area contributed by atoms with Crippen LogP contribution >= 0.6 is 11.6 Å². The van der Waals surface area contributed by atoms with E-state index in [0.717, 1.165) is 22.6 Å². The number of pyridine rings is 1. The Kier molecular flexibility index (Phi) is 4.60. The van der Waals surface area contributed by atoms with Gasteiger partial charge < -0.3 is 9.88 Å². The van der Waals surface area contributed by atoms with Crippen molar-refractivity contribution in [3.63, 3.8) is 0 Å². The van der Waals surface area contributed by atoms with Crippen molar-refractivity contribution in [2.75, 3.05) is 6.54 Å². The van der Waals surface area contributed by atoms with Crippen molar-refractivity contribution in [1.29, 1.82) is 0 Å². The van der Waals surface area contributed by atoms with Gasteiger partial charge in [0.05, 0.1) is 5.38 Å². The molecule has 1 N–H and O–H groups in total. The van der Waals surface area contributed by atoms with Crippen LogP contribution in [0.3, 0.4) is 0 Å². The number of hydrogen-bond acceptors (Lipinski definition) is 3. The Morgan fingerprint density at radius 1 is 1.55 bits per heavy atom. The van der Waals surface area contributed by atoms with E-state index >= 15 is 0 Å². The van der Waals surface area contributed by atoms with Crippen molar-refractivity contribution >= 4 is 28.7 Å². The van der Waals surface area contributed by atoms with Crippen LogP contribution in [0.4, 0.5) is 0 Å². The zero-order chi connectivity index (χ0) is 14.7. The maximum absolute atomic E-state index is 11.6. The molecule has 2 rings (SSSR count). The van der Waals surface area contributed by atoms with Crippen molar-refractivity contribution in [2.24, 2.45) is 0 Å². The second-order valence-electron chi connectivity index (χ2n) is 4.80. The molecule has 0 spiro atoms. The number of rotatable bonds is 5. The van der Waals surface area contributed by atoms with Gasteiger partial charge in [0, 0.05) is 25.7 Å². The molecular formula is C14H19ClN4O. The summed E-state index contributed by atoms with van der Waals surface area (Å²) in [5.74, 6) is 0.777. The minimum atomic E-state index is -0.223. The smallest absolute Gasteiger partial charge is 0.221 e. The van der Waals surface area contributed by atoms with Crippen molar-refractivity contribution in [3.8, 4) is 0 Å². The van der Waals surface area contributed by atoms with Gasteiger partial charge in [0.2, 0.25) is 5.91 Å². The summed E-state index contributed by atoms with van der Waals surface area (Å²) < 4.78 is 1.93. The lowest BCUT2D eigenvalue weighted by molar-refractivity contribution is -0.121. The van der Waals surface area contributed by atoms with Crippen molar-refractivity contribution in [3.05, 3.63) is 23.7 Å². The predicted octanol–water partition coefficient (Wildman–Crippen LogP) is 2.57. The van der Waals surface area contributed by atoms with Crippen molar-refractivity contribution in [2.45, 2.75) is 39.1 Å². The zero-order valence-corrected chi connectivity index (χ0v) is 12.7. The molecule has 20 heavy (non-hydrogen) atoms. The molecule has 0 aliphatic carbocycles. The van der Waals surface area contributed by atoms with Crippen LogP contribution in [0.5, 0.6) is 0 Å². The van der Waals surface area contributed by atoms with Crippen molar-refractivity contribution < 1.29 is 4.79 Å². The lowest BCUT2D eigenvalue weighted by Crippen LogP contribution is -2.24. The topological polar surface area (TPSA) is 59.8 Å². The first kappa shape index (κ1) is 14.8. The van der Waals surface area contributed by atoms with Crippen LogP contribution in [0.15, 0.2) is 12.3 Å². The fraction of sp³-hybridized carbons (Fsp3) is 0.500. The van der Waals surface area contributed by atoms with Gasteiger partial charge in [0.15, 0.2) is 5.65 Å². The Bertz CT molecular complexity index is 621. The number of amides is 1. The molecule has 108 valence electrons. The minimum absolute atomic E-state index is 0.0228. The highest BCUT2D eigenvalue weighted by Crippen LogP contribution is 2.24. The van der Waals surface area contributed by atoms with Gasteiger partial charge in [-0.25, -0.2) is 9.97 Å². The number of nitrogens with zero attached hydrogens (tertiary/aromatic N) is 3. The highest BCUT2D eigenvalue weighted by Gasteiger charge is 2.16. The number of nitrogens with one attached hydrogen (secondary N) is 1. The van der Waals surface area contributed by atoms with Crippen molar-refractivity contribution in [1.82, 2.24) is 19.9 Å².